The summed E-state index contributed by atoms with van der Waals surface area (Å²) in [5.74, 6) is -0.300. The summed E-state index contributed by atoms with van der Waals surface area (Å²) in [6.07, 6.45) is 11.0. The Morgan fingerprint density at radius 3 is 2.53 bits per heavy atom. The van der Waals surface area contributed by atoms with Crippen LogP contribution >= 0.6 is 0 Å². The molecular weight excluding hydrogens is 244 g/mol. The fourth-order valence-electron chi connectivity index (χ4n) is 1.61. The van der Waals surface area contributed by atoms with Gasteiger partial charge in [-0.25, -0.2) is 0 Å². The first-order chi connectivity index (χ1) is 9.20. The van der Waals surface area contributed by atoms with E-state index in [9.17, 15) is 4.79 Å². The summed E-state index contributed by atoms with van der Waals surface area (Å²) in [6.45, 7) is 3.24. The van der Waals surface area contributed by atoms with Gasteiger partial charge in [-0.3, -0.25) is 4.79 Å². The number of ether oxygens (including phenoxy) is 1. The molecule has 0 aromatic rings. The second-order valence-electron chi connectivity index (χ2n) is 4.59. The zero-order valence-corrected chi connectivity index (χ0v) is 11.7. The van der Waals surface area contributed by atoms with Gasteiger partial charge in [0, 0.05) is 6.42 Å². The summed E-state index contributed by atoms with van der Waals surface area (Å²) >= 11 is 0. The maximum absolute atomic E-state index is 11.2. The molecule has 0 aromatic carbocycles. The van der Waals surface area contributed by atoms with Gasteiger partial charge in [-0.1, -0.05) is 25.3 Å². The van der Waals surface area contributed by atoms with Crippen LogP contribution in [0.4, 0.5) is 0 Å². The predicted octanol–water partition coefficient (Wildman–Crippen LogP) is 2.39. The Bertz CT molecular complexity index is 238. The van der Waals surface area contributed by atoms with Crippen LogP contribution in [0.2, 0.25) is 0 Å². The molecule has 4 nitrogen and oxygen atoms in total. The Morgan fingerprint density at radius 2 is 1.84 bits per heavy atom. The maximum atomic E-state index is 11.2. The lowest BCUT2D eigenvalue weighted by molar-refractivity contribution is -0.147. The predicted molar refractivity (Wildman–Crippen MR) is 75.5 cm³/mol. The van der Waals surface area contributed by atoms with E-state index in [2.05, 4.69) is 19.1 Å². The summed E-state index contributed by atoms with van der Waals surface area (Å²) < 4.78 is 4.80. The maximum Gasteiger partial charge on any atom is 0.305 e. The molecule has 1 atom stereocenters. The van der Waals surface area contributed by atoms with Crippen molar-refractivity contribution in [1.82, 2.24) is 0 Å². The van der Waals surface area contributed by atoms with Gasteiger partial charge in [0.1, 0.15) is 12.7 Å². The summed E-state index contributed by atoms with van der Waals surface area (Å²) in [6, 6.07) is 0. The highest BCUT2D eigenvalue weighted by molar-refractivity contribution is 5.69. The topological polar surface area (TPSA) is 66.8 Å². The third-order valence-corrected chi connectivity index (χ3v) is 2.73. The Morgan fingerprint density at radius 1 is 1.16 bits per heavy atom. The molecule has 0 aliphatic carbocycles. The van der Waals surface area contributed by atoms with E-state index < -0.39 is 6.10 Å². The molecule has 0 unspecified atom stereocenters. The van der Waals surface area contributed by atoms with Crippen LogP contribution in [0.3, 0.4) is 0 Å². The molecule has 0 saturated heterocycles. The minimum atomic E-state index is -0.963. The Kier molecular flexibility index (Phi) is 12.9. The Balaban J connectivity index is 3.25. The molecule has 0 saturated carbocycles. The third-order valence-electron chi connectivity index (χ3n) is 2.73. The average Bonchev–Trinajstić information content (AvgIpc) is 2.42. The molecule has 0 amide bonds. The summed E-state index contributed by atoms with van der Waals surface area (Å²) in [7, 11) is 0. The van der Waals surface area contributed by atoms with Gasteiger partial charge in [0.2, 0.25) is 0 Å². The van der Waals surface area contributed by atoms with Crippen LogP contribution in [-0.2, 0) is 9.53 Å². The lowest BCUT2D eigenvalue weighted by atomic mass is 10.1. The minimum Gasteiger partial charge on any atom is -0.463 e. The van der Waals surface area contributed by atoms with Crippen LogP contribution in [0, 0.1) is 6.92 Å². The van der Waals surface area contributed by atoms with Crippen molar-refractivity contribution in [2.75, 3.05) is 13.2 Å². The van der Waals surface area contributed by atoms with E-state index >= 15 is 0 Å². The molecular formula is C15H27O4-. The number of esters is 1. The molecule has 0 fully saturated rings. The van der Waals surface area contributed by atoms with Crippen molar-refractivity contribution in [3.63, 3.8) is 0 Å². The molecule has 112 valence electrons. The fraction of sp³-hybridized carbons (Fsp3) is 0.733. The van der Waals surface area contributed by atoms with Crippen molar-refractivity contribution >= 4 is 5.97 Å². The smallest absolute Gasteiger partial charge is 0.305 e. The second kappa shape index (κ2) is 13.6. The van der Waals surface area contributed by atoms with Crippen LogP contribution in [0.15, 0.2) is 12.2 Å². The zero-order valence-electron chi connectivity index (χ0n) is 11.7. The second-order valence-corrected chi connectivity index (χ2v) is 4.59. The lowest BCUT2D eigenvalue weighted by Crippen LogP contribution is -2.21. The molecule has 0 radical (unpaired) electrons. The number of carbonyl (C=O) groups excluding carboxylic acids is 1. The van der Waals surface area contributed by atoms with Crippen molar-refractivity contribution in [2.45, 2.75) is 57.5 Å². The average molecular weight is 271 g/mol. The highest BCUT2D eigenvalue weighted by Gasteiger charge is 2.07. The summed E-state index contributed by atoms with van der Waals surface area (Å²) in [5.41, 5.74) is 0. The quantitative estimate of drug-likeness (QED) is 0.247. The van der Waals surface area contributed by atoms with E-state index in [1.54, 1.807) is 0 Å². The van der Waals surface area contributed by atoms with Gasteiger partial charge >= 0.3 is 5.97 Å². The number of unbranched alkanes of at least 4 members (excludes halogenated alkanes) is 5. The van der Waals surface area contributed by atoms with Crippen LogP contribution in [0.25, 0.3) is 0 Å². The molecule has 0 spiro atoms. The molecule has 0 aromatic heterocycles. The minimum absolute atomic E-state index is 0.117. The highest BCUT2D eigenvalue weighted by Crippen LogP contribution is 2.08. The van der Waals surface area contributed by atoms with Crippen molar-refractivity contribution < 1.29 is 19.7 Å². The first-order valence-electron chi connectivity index (χ1n) is 7.09. The van der Waals surface area contributed by atoms with Crippen molar-refractivity contribution in [3.8, 4) is 0 Å². The number of carbonyl (C=O) groups is 1. The summed E-state index contributed by atoms with van der Waals surface area (Å²) in [4.78, 5) is 11.2. The number of aliphatic hydroxyl groups excluding tert-OH is 2. The van der Waals surface area contributed by atoms with Crippen molar-refractivity contribution in [1.29, 1.82) is 0 Å². The van der Waals surface area contributed by atoms with Crippen LogP contribution in [0.5, 0.6) is 0 Å². The van der Waals surface area contributed by atoms with Crippen LogP contribution in [0.1, 0.15) is 51.4 Å². The molecule has 0 rings (SSSR count). The van der Waals surface area contributed by atoms with Crippen LogP contribution < -0.4 is 0 Å². The molecule has 0 aliphatic rings. The molecule has 2 N–H and O–H groups in total. The zero-order chi connectivity index (χ0) is 14.3. The monoisotopic (exact) mass is 271 g/mol. The third kappa shape index (κ3) is 13.4. The number of hydrogen-bond acceptors (Lipinski definition) is 4. The number of hydrogen-bond donors (Lipinski definition) is 2. The van der Waals surface area contributed by atoms with E-state index in [0.717, 1.165) is 32.1 Å². The van der Waals surface area contributed by atoms with E-state index in [4.69, 9.17) is 14.9 Å². The summed E-state index contributed by atoms with van der Waals surface area (Å²) in [5, 5.41) is 17.5. The van der Waals surface area contributed by atoms with Gasteiger partial charge in [0.05, 0.1) is 6.61 Å². The molecule has 4 heteroatoms. The molecule has 0 heterocycles. The van der Waals surface area contributed by atoms with Gasteiger partial charge in [-0.05, 0) is 19.3 Å². The largest absolute Gasteiger partial charge is 0.463 e. The number of aliphatic hydroxyl groups is 2. The van der Waals surface area contributed by atoms with Gasteiger partial charge in [0.25, 0.3) is 0 Å². The van der Waals surface area contributed by atoms with Crippen molar-refractivity contribution in [2.24, 2.45) is 0 Å². The van der Waals surface area contributed by atoms with Crippen molar-refractivity contribution in [3.05, 3.63) is 19.1 Å². The number of allylic oxidation sites excluding steroid dienone is 2. The first-order valence-corrected chi connectivity index (χ1v) is 7.09. The van der Waals surface area contributed by atoms with Crippen LogP contribution in [-0.4, -0.2) is 35.5 Å². The van der Waals surface area contributed by atoms with E-state index in [1.165, 1.54) is 12.8 Å². The van der Waals surface area contributed by atoms with E-state index in [0.29, 0.717) is 6.42 Å². The standard InChI is InChI=1S/C15H27O4/c1-2-3-4-5-6-7-8-9-10-11-15(18)19-13-14(17)12-16/h3-4,14,16-17H,1-2,5-13H2/q-1/b4-3-/t14-/m1/s1. The number of rotatable bonds is 12. The SMILES string of the molecule is [CH2-]C/C=C\CCCCCCCC(=O)OC[C@H](O)CO. The van der Waals surface area contributed by atoms with E-state index in [1.807, 2.05) is 0 Å². The molecule has 0 aliphatic heterocycles. The molecule has 19 heavy (non-hydrogen) atoms. The van der Waals surface area contributed by atoms with Gasteiger partial charge in [-0.2, -0.15) is 6.42 Å². The van der Waals surface area contributed by atoms with E-state index in [-0.39, 0.29) is 19.2 Å². The first kappa shape index (κ1) is 18.1. The Hall–Kier alpha value is -0.870. The van der Waals surface area contributed by atoms with Gasteiger partial charge < -0.3 is 21.9 Å². The molecule has 0 bridgehead atoms. The Labute approximate surface area is 116 Å². The normalized spacial score (nSPS) is 12.8. The lowest BCUT2D eigenvalue weighted by Gasteiger charge is -2.08. The van der Waals surface area contributed by atoms with Gasteiger partial charge in [0.15, 0.2) is 0 Å². The fourth-order valence-corrected chi connectivity index (χ4v) is 1.61. The highest BCUT2D eigenvalue weighted by atomic mass is 16.5. The van der Waals surface area contributed by atoms with Gasteiger partial charge in [-0.15, -0.1) is 6.08 Å².